The molecule has 0 atom stereocenters. The average molecular weight is 282 g/mol. The minimum absolute atomic E-state index is 0.216. The summed E-state index contributed by atoms with van der Waals surface area (Å²) in [6, 6.07) is 7.05. The molecule has 104 valence electrons. The summed E-state index contributed by atoms with van der Waals surface area (Å²) in [6.07, 6.45) is 1.20. The number of nitrogens with zero attached hydrogens (tertiary/aromatic N) is 1. The summed E-state index contributed by atoms with van der Waals surface area (Å²) < 4.78 is 27.4. The maximum Gasteiger partial charge on any atom is 0.154 e. The molecule has 0 saturated carbocycles. The quantitative estimate of drug-likeness (QED) is 0.891. The SMILES string of the molecule is COc1ccc(C#N)c(NCC(C)(C)S(C)(=O)=O)c1. The first-order chi connectivity index (χ1) is 8.71. The molecule has 1 N–H and O–H groups in total. The van der Waals surface area contributed by atoms with Crippen molar-refractivity contribution >= 4 is 15.5 Å². The highest BCUT2D eigenvalue weighted by molar-refractivity contribution is 7.92. The Balaban J connectivity index is 2.98. The molecule has 1 rings (SSSR count). The van der Waals surface area contributed by atoms with Crippen LogP contribution >= 0.6 is 0 Å². The first-order valence-electron chi connectivity index (χ1n) is 5.73. The zero-order valence-corrected chi connectivity index (χ0v) is 12.3. The van der Waals surface area contributed by atoms with Gasteiger partial charge in [-0.15, -0.1) is 0 Å². The van der Waals surface area contributed by atoms with E-state index >= 15 is 0 Å². The van der Waals surface area contributed by atoms with Gasteiger partial charge in [0, 0.05) is 18.9 Å². The summed E-state index contributed by atoms with van der Waals surface area (Å²) in [5.74, 6) is 0.610. The fraction of sp³-hybridized carbons (Fsp3) is 0.462. The lowest BCUT2D eigenvalue weighted by molar-refractivity contribution is 0.415. The molecule has 0 fully saturated rings. The molecule has 0 bridgehead atoms. The molecule has 0 aromatic heterocycles. The largest absolute Gasteiger partial charge is 0.497 e. The third-order valence-electron chi connectivity index (χ3n) is 3.06. The van der Waals surface area contributed by atoms with Crippen molar-refractivity contribution in [2.45, 2.75) is 18.6 Å². The second-order valence-corrected chi connectivity index (χ2v) is 7.56. The van der Waals surface area contributed by atoms with Crippen LogP contribution in [-0.4, -0.2) is 33.1 Å². The molecule has 0 spiro atoms. The van der Waals surface area contributed by atoms with Gasteiger partial charge in [-0.05, 0) is 26.0 Å². The first-order valence-corrected chi connectivity index (χ1v) is 7.62. The van der Waals surface area contributed by atoms with Gasteiger partial charge in [-0.1, -0.05) is 0 Å². The summed E-state index contributed by atoms with van der Waals surface area (Å²) >= 11 is 0. The fourth-order valence-corrected chi connectivity index (χ4v) is 1.67. The van der Waals surface area contributed by atoms with Gasteiger partial charge in [0.1, 0.15) is 11.8 Å². The Morgan fingerprint density at radius 1 is 1.42 bits per heavy atom. The molecule has 0 unspecified atom stereocenters. The number of nitriles is 1. The van der Waals surface area contributed by atoms with Crippen LogP contribution in [0.1, 0.15) is 19.4 Å². The molecule has 5 nitrogen and oxygen atoms in total. The average Bonchev–Trinajstić information content (AvgIpc) is 2.34. The van der Waals surface area contributed by atoms with E-state index in [4.69, 9.17) is 10.00 Å². The normalized spacial score (nSPS) is 11.7. The van der Waals surface area contributed by atoms with Crippen LogP contribution in [0.3, 0.4) is 0 Å². The highest BCUT2D eigenvalue weighted by Gasteiger charge is 2.30. The van der Waals surface area contributed by atoms with Crippen LogP contribution in [0.25, 0.3) is 0 Å². The molecule has 0 heterocycles. The summed E-state index contributed by atoms with van der Waals surface area (Å²) in [5, 5.41) is 12.0. The maximum atomic E-state index is 11.6. The van der Waals surface area contributed by atoms with Gasteiger partial charge in [-0.2, -0.15) is 5.26 Å². The van der Waals surface area contributed by atoms with E-state index in [1.807, 2.05) is 0 Å². The Kier molecular flexibility index (Phi) is 4.43. The fourth-order valence-electron chi connectivity index (χ4n) is 1.33. The van der Waals surface area contributed by atoms with Gasteiger partial charge in [0.15, 0.2) is 9.84 Å². The minimum Gasteiger partial charge on any atom is -0.497 e. The number of benzene rings is 1. The zero-order chi connectivity index (χ0) is 14.7. The van der Waals surface area contributed by atoms with Gasteiger partial charge in [0.2, 0.25) is 0 Å². The molecule has 1 aromatic carbocycles. The van der Waals surface area contributed by atoms with Crippen molar-refractivity contribution in [1.29, 1.82) is 5.26 Å². The highest BCUT2D eigenvalue weighted by Crippen LogP contribution is 2.23. The van der Waals surface area contributed by atoms with Crippen molar-refractivity contribution in [2.75, 3.05) is 25.2 Å². The number of rotatable bonds is 5. The Bertz CT molecular complexity index is 601. The predicted octanol–water partition coefficient (Wildman–Crippen LogP) is 1.80. The zero-order valence-electron chi connectivity index (χ0n) is 11.5. The minimum atomic E-state index is -3.18. The topological polar surface area (TPSA) is 79.2 Å². The van der Waals surface area contributed by atoms with E-state index < -0.39 is 14.6 Å². The van der Waals surface area contributed by atoms with Crippen LogP contribution in [0.15, 0.2) is 18.2 Å². The molecule has 19 heavy (non-hydrogen) atoms. The number of ether oxygens (including phenoxy) is 1. The molecule has 0 radical (unpaired) electrons. The van der Waals surface area contributed by atoms with Crippen molar-refractivity contribution in [3.05, 3.63) is 23.8 Å². The molecular weight excluding hydrogens is 264 g/mol. The first kappa shape index (κ1) is 15.3. The van der Waals surface area contributed by atoms with Crippen LogP contribution in [0.2, 0.25) is 0 Å². The van der Waals surface area contributed by atoms with Gasteiger partial charge in [-0.3, -0.25) is 0 Å². The molecule has 0 amide bonds. The maximum absolute atomic E-state index is 11.6. The van der Waals surface area contributed by atoms with Crippen molar-refractivity contribution in [3.63, 3.8) is 0 Å². The molecule has 1 aromatic rings. The second-order valence-electron chi connectivity index (χ2n) is 4.91. The van der Waals surface area contributed by atoms with Crippen LogP contribution < -0.4 is 10.1 Å². The molecule has 0 saturated heterocycles. The van der Waals surface area contributed by atoms with Crippen LogP contribution in [0.5, 0.6) is 5.75 Å². The molecule has 0 aliphatic heterocycles. The Hall–Kier alpha value is -1.74. The van der Waals surface area contributed by atoms with E-state index in [1.165, 1.54) is 13.4 Å². The van der Waals surface area contributed by atoms with Crippen LogP contribution in [0.4, 0.5) is 5.69 Å². The smallest absolute Gasteiger partial charge is 0.154 e. The van der Waals surface area contributed by atoms with Gasteiger partial charge in [-0.25, -0.2) is 8.42 Å². The van der Waals surface area contributed by atoms with E-state index in [0.717, 1.165) is 0 Å². The molecular formula is C13H18N2O3S. The Morgan fingerprint density at radius 2 is 2.05 bits per heavy atom. The number of sulfone groups is 1. The molecule has 0 aliphatic carbocycles. The van der Waals surface area contributed by atoms with Gasteiger partial charge in [0.05, 0.1) is 23.1 Å². The van der Waals surface area contributed by atoms with Crippen molar-refractivity contribution in [2.24, 2.45) is 0 Å². The van der Waals surface area contributed by atoms with Gasteiger partial charge < -0.3 is 10.1 Å². The number of hydrogen-bond acceptors (Lipinski definition) is 5. The number of methoxy groups -OCH3 is 1. The number of hydrogen-bond donors (Lipinski definition) is 1. The van der Waals surface area contributed by atoms with E-state index in [-0.39, 0.29) is 6.54 Å². The summed E-state index contributed by atoms with van der Waals surface area (Å²) in [5.41, 5.74) is 1.02. The monoisotopic (exact) mass is 282 g/mol. The van der Waals surface area contributed by atoms with E-state index in [0.29, 0.717) is 17.0 Å². The third-order valence-corrected chi connectivity index (χ3v) is 5.21. The lowest BCUT2D eigenvalue weighted by Gasteiger charge is -2.23. The third kappa shape index (κ3) is 3.61. The van der Waals surface area contributed by atoms with Crippen LogP contribution in [-0.2, 0) is 9.84 Å². The summed E-state index contributed by atoms with van der Waals surface area (Å²) in [7, 11) is -1.65. The second kappa shape index (κ2) is 5.49. The lowest BCUT2D eigenvalue weighted by Crippen LogP contribution is -2.38. The standard InChI is InChI=1S/C13H18N2O3S/c1-13(2,19(4,16)17)9-15-12-7-11(18-3)6-5-10(12)8-14/h5-7,15H,9H2,1-4H3. The van der Waals surface area contributed by atoms with E-state index in [2.05, 4.69) is 11.4 Å². The van der Waals surface area contributed by atoms with Crippen LogP contribution in [0, 0.1) is 11.3 Å². The number of nitrogens with one attached hydrogen (secondary N) is 1. The summed E-state index contributed by atoms with van der Waals surface area (Å²) in [4.78, 5) is 0. The predicted molar refractivity (Wildman–Crippen MR) is 75.1 cm³/mol. The van der Waals surface area contributed by atoms with Gasteiger partial charge >= 0.3 is 0 Å². The van der Waals surface area contributed by atoms with E-state index in [1.54, 1.807) is 32.0 Å². The highest BCUT2D eigenvalue weighted by atomic mass is 32.2. The van der Waals surface area contributed by atoms with E-state index in [9.17, 15) is 8.42 Å². The summed E-state index contributed by atoms with van der Waals surface area (Å²) in [6.45, 7) is 3.50. The Morgan fingerprint density at radius 3 is 2.53 bits per heavy atom. The lowest BCUT2D eigenvalue weighted by atomic mass is 10.1. The molecule has 6 heteroatoms. The Labute approximate surface area is 114 Å². The van der Waals surface area contributed by atoms with Gasteiger partial charge in [0.25, 0.3) is 0 Å². The van der Waals surface area contributed by atoms with Crippen molar-refractivity contribution < 1.29 is 13.2 Å². The van der Waals surface area contributed by atoms with Crippen molar-refractivity contribution in [3.8, 4) is 11.8 Å². The number of anilines is 1. The molecule has 0 aliphatic rings. The van der Waals surface area contributed by atoms with Crippen molar-refractivity contribution in [1.82, 2.24) is 0 Å².